The number of esters is 1. The van der Waals surface area contributed by atoms with Crippen LogP contribution in [0.4, 0.5) is 5.00 Å². The molecule has 11 heteroatoms. The summed E-state index contributed by atoms with van der Waals surface area (Å²) < 4.78 is 4.80. The molecule has 1 atom stereocenters. The fraction of sp³-hybridized carbons (Fsp3) is 0.348. The summed E-state index contributed by atoms with van der Waals surface area (Å²) in [7, 11) is 1.86. The molecule has 0 unspecified atom stereocenters. The highest BCUT2D eigenvalue weighted by Crippen LogP contribution is 2.27. The number of anilines is 1. The number of fused-ring (bicyclic) bond motifs is 1. The number of aliphatic carboxylic acids is 1. The maximum atomic E-state index is 12.6. The lowest BCUT2D eigenvalue weighted by Gasteiger charge is -2.17. The molecule has 1 amide bonds. The smallest absolute Gasteiger partial charge is 0.326 e. The molecule has 34 heavy (non-hydrogen) atoms. The Morgan fingerprint density at radius 3 is 2.74 bits per heavy atom. The van der Waals surface area contributed by atoms with Crippen molar-refractivity contribution in [3.05, 3.63) is 57.0 Å². The monoisotopic (exact) mass is 486 g/mol. The van der Waals surface area contributed by atoms with E-state index in [2.05, 4.69) is 15.3 Å². The predicted octanol–water partition coefficient (Wildman–Crippen LogP) is 2.46. The van der Waals surface area contributed by atoms with Crippen LogP contribution in [0, 0.1) is 6.92 Å². The van der Waals surface area contributed by atoms with Gasteiger partial charge in [-0.25, -0.2) is 9.78 Å². The van der Waals surface area contributed by atoms with Crippen LogP contribution in [-0.2, 0) is 20.9 Å². The molecular weight excluding hydrogens is 460 g/mol. The van der Waals surface area contributed by atoms with Gasteiger partial charge in [-0.2, -0.15) is 0 Å². The minimum absolute atomic E-state index is 0.0620. The van der Waals surface area contributed by atoms with Crippen LogP contribution in [0.3, 0.4) is 0 Å². The molecule has 2 aromatic heterocycles. The number of nitrogens with one attached hydrogen (secondary N) is 2. The summed E-state index contributed by atoms with van der Waals surface area (Å²) >= 11 is 1.21. The molecule has 0 radical (unpaired) electrons. The van der Waals surface area contributed by atoms with E-state index in [4.69, 9.17) is 4.74 Å². The minimum Gasteiger partial charge on any atom is -0.480 e. The van der Waals surface area contributed by atoms with E-state index < -0.39 is 23.9 Å². The van der Waals surface area contributed by atoms with Gasteiger partial charge in [0.15, 0.2) is 0 Å². The van der Waals surface area contributed by atoms with E-state index in [0.717, 1.165) is 10.6 Å². The number of ether oxygens (including phenoxy) is 1. The Labute approximate surface area is 199 Å². The Morgan fingerprint density at radius 1 is 1.26 bits per heavy atom. The van der Waals surface area contributed by atoms with E-state index in [1.807, 2.05) is 18.0 Å². The lowest BCUT2D eigenvalue weighted by Crippen LogP contribution is -2.40. The summed E-state index contributed by atoms with van der Waals surface area (Å²) in [5.41, 5.74) is 1.33. The van der Waals surface area contributed by atoms with Gasteiger partial charge >= 0.3 is 11.9 Å². The molecule has 0 aliphatic heterocycles. The van der Waals surface area contributed by atoms with Crippen molar-refractivity contribution >= 4 is 45.1 Å². The summed E-state index contributed by atoms with van der Waals surface area (Å²) in [5.74, 6) is -1.70. The van der Waals surface area contributed by atoms with E-state index in [9.17, 15) is 24.3 Å². The SMILES string of the molecule is CCOC(=O)CC[C@H](NC(=O)c1ccc(N(C)Cc2ccc3nc(C)[nH]c(=O)c3c2)s1)C(=O)O. The second kappa shape index (κ2) is 10.9. The Kier molecular flexibility index (Phi) is 8.00. The highest BCUT2D eigenvalue weighted by atomic mass is 32.1. The number of rotatable bonds is 10. The lowest BCUT2D eigenvalue weighted by molar-refractivity contribution is -0.144. The van der Waals surface area contributed by atoms with Gasteiger partial charge in [-0.3, -0.25) is 14.4 Å². The largest absolute Gasteiger partial charge is 0.480 e. The summed E-state index contributed by atoms with van der Waals surface area (Å²) in [6.45, 7) is 4.09. The maximum Gasteiger partial charge on any atom is 0.326 e. The van der Waals surface area contributed by atoms with Crippen LogP contribution in [0.2, 0.25) is 0 Å². The van der Waals surface area contributed by atoms with Crippen molar-refractivity contribution in [1.29, 1.82) is 0 Å². The Balaban J connectivity index is 1.66. The van der Waals surface area contributed by atoms with Crippen molar-refractivity contribution in [3.63, 3.8) is 0 Å². The number of aromatic amines is 1. The van der Waals surface area contributed by atoms with Crippen LogP contribution in [0.25, 0.3) is 10.9 Å². The Hall–Kier alpha value is -3.73. The van der Waals surface area contributed by atoms with Gasteiger partial charge in [-0.05, 0) is 50.1 Å². The number of hydrogen-bond donors (Lipinski definition) is 3. The zero-order chi connectivity index (χ0) is 24.8. The third-order valence-corrected chi connectivity index (χ3v) is 6.24. The number of aryl methyl sites for hydroxylation is 1. The number of carbonyl (C=O) groups is 3. The fourth-order valence-electron chi connectivity index (χ4n) is 3.39. The van der Waals surface area contributed by atoms with Gasteiger partial charge in [0.25, 0.3) is 11.5 Å². The van der Waals surface area contributed by atoms with Gasteiger partial charge in [0.2, 0.25) is 0 Å². The average Bonchev–Trinajstić information content (AvgIpc) is 3.27. The number of H-pyrrole nitrogens is 1. The second-order valence-corrected chi connectivity index (χ2v) is 8.77. The number of nitrogens with zero attached hydrogens (tertiary/aromatic N) is 2. The summed E-state index contributed by atoms with van der Waals surface area (Å²) in [6, 6.07) is 7.68. The van der Waals surface area contributed by atoms with Crippen LogP contribution in [0.1, 0.15) is 40.8 Å². The molecule has 3 rings (SSSR count). The molecule has 0 saturated heterocycles. The standard InChI is InChI=1S/C23H26N4O6S/c1-4-33-20(28)10-7-17(23(31)32)26-22(30)18-8-9-19(34-18)27(3)12-14-5-6-16-15(11-14)21(29)25-13(2)24-16/h5-6,8-9,11,17H,4,7,10,12H2,1-3H3,(H,26,30)(H,31,32)(H,24,25,29)/t17-/m0/s1. The lowest BCUT2D eigenvalue weighted by atomic mass is 10.1. The van der Waals surface area contributed by atoms with Crippen LogP contribution in [0.15, 0.2) is 35.1 Å². The molecule has 0 bridgehead atoms. The molecule has 3 N–H and O–H groups in total. The van der Waals surface area contributed by atoms with E-state index >= 15 is 0 Å². The Bertz CT molecular complexity index is 1270. The molecule has 180 valence electrons. The Morgan fingerprint density at radius 2 is 2.03 bits per heavy atom. The third kappa shape index (κ3) is 6.19. The molecule has 0 spiro atoms. The summed E-state index contributed by atoms with van der Waals surface area (Å²) in [6.07, 6.45) is -0.166. The van der Waals surface area contributed by atoms with Crippen molar-refractivity contribution < 1.29 is 24.2 Å². The number of aromatic nitrogens is 2. The molecule has 0 aliphatic rings. The molecule has 10 nitrogen and oxygen atoms in total. The number of benzene rings is 1. The molecule has 3 aromatic rings. The van der Waals surface area contributed by atoms with Crippen molar-refractivity contribution in [1.82, 2.24) is 15.3 Å². The van der Waals surface area contributed by atoms with Crippen LogP contribution >= 0.6 is 11.3 Å². The molecule has 0 aliphatic carbocycles. The number of carboxylic acids is 1. The summed E-state index contributed by atoms with van der Waals surface area (Å²) in [4.78, 5) is 57.1. The second-order valence-electron chi connectivity index (χ2n) is 7.70. The van der Waals surface area contributed by atoms with E-state index in [1.165, 1.54) is 11.3 Å². The number of carbonyl (C=O) groups excluding carboxylic acids is 2. The zero-order valence-corrected chi connectivity index (χ0v) is 19.9. The molecule has 2 heterocycles. The maximum absolute atomic E-state index is 12.6. The van der Waals surface area contributed by atoms with Crippen molar-refractivity contribution in [2.24, 2.45) is 0 Å². The number of amides is 1. The number of carboxylic acid groups (broad SMARTS) is 1. The van der Waals surface area contributed by atoms with Crippen molar-refractivity contribution in [3.8, 4) is 0 Å². The topological polar surface area (TPSA) is 142 Å². The molecule has 0 saturated carbocycles. The predicted molar refractivity (Wildman–Crippen MR) is 128 cm³/mol. The molecule has 0 fully saturated rings. The van der Waals surface area contributed by atoms with Gasteiger partial charge in [0.05, 0.1) is 27.4 Å². The average molecular weight is 487 g/mol. The van der Waals surface area contributed by atoms with Gasteiger partial charge < -0.3 is 25.0 Å². The van der Waals surface area contributed by atoms with Gasteiger partial charge in [-0.15, -0.1) is 11.3 Å². The van der Waals surface area contributed by atoms with Crippen molar-refractivity contribution in [2.45, 2.75) is 39.3 Å². The first-order valence-electron chi connectivity index (χ1n) is 10.7. The van der Waals surface area contributed by atoms with Gasteiger partial charge in [0.1, 0.15) is 11.9 Å². The first-order chi connectivity index (χ1) is 16.2. The minimum atomic E-state index is -1.22. The molecular formula is C23H26N4O6S. The number of thiophene rings is 1. The third-order valence-electron chi connectivity index (χ3n) is 5.05. The summed E-state index contributed by atoms with van der Waals surface area (Å²) in [5, 5.41) is 13.1. The first kappa shape index (κ1) is 24.9. The number of hydrogen-bond acceptors (Lipinski definition) is 8. The van der Waals surface area contributed by atoms with Crippen LogP contribution in [0.5, 0.6) is 0 Å². The first-order valence-corrected chi connectivity index (χ1v) is 11.5. The highest BCUT2D eigenvalue weighted by Gasteiger charge is 2.23. The van der Waals surface area contributed by atoms with E-state index in [0.29, 0.717) is 28.1 Å². The van der Waals surface area contributed by atoms with Gasteiger partial charge in [-0.1, -0.05) is 6.07 Å². The fourth-order valence-corrected chi connectivity index (χ4v) is 4.26. The van der Waals surface area contributed by atoms with E-state index in [1.54, 1.807) is 38.1 Å². The van der Waals surface area contributed by atoms with Crippen LogP contribution in [-0.4, -0.2) is 52.6 Å². The molecule has 1 aromatic carbocycles. The van der Waals surface area contributed by atoms with Gasteiger partial charge in [0, 0.05) is 20.0 Å². The van der Waals surface area contributed by atoms with Crippen molar-refractivity contribution in [2.75, 3.05) is 18.6 Å². The van der Waals surface area contributed by atoms with Crippen LogP contribution < -0.4 is 15.8 Å². The zero-order valence-electron chi connectivity index (χ0n) is 19.1. The normalized spacial score (nSPS) is 11.7. The highest BCUT2D eigenvalue weighted by molar-refractivity contribution is 7.18. The quantitative estimate of drug-likeness (QED) is 0.371. The van der Waals surface area contributed by atoms with E-state index in [-0.39, 0.29) is 25.0 Å².